The van der Waals surface area contributed by atoms with E-state index in [2.05, 4.69) is 12.0 Å². The third-order valence-electron chi connectivity index (χ3n) is 3.75. The highest BCUT2D eigenvalue weighted by molar-refractivity contribution is 5.94. The van der Waals surface area contributed by atoms with Crippen molar-refractivity contribution in [2.75, 3.05) is 13.2 Å². The Morgan fingerprint density at radius 2 is 2.22 bits per heavy atom. The summed E-state index contributed by atoms with van der Waals surface area (Å²) < 4.78 is 7.13. The fraction of sp³-hybridized carbons (Fsp3) is 0.714. The highest BCUT2D eigenvalue weighted by atomic mass is 16.5. The van der Waals surface area contributed by atoms with Crippen LogP contribution in [-0.4, -0.2) is 28.8 Å². The van der Waals surface area contributed by atoms with Crippen LogP contribution in [0.2, 0.25) is 0 Å². The second-order valence-corrected chi connectivity index (χ2v) is 5.02. The molecule has 1 fully saturated rings. The van der Waals surface area contributed by atoms with Gasteiger partial charge < -0.3 is 4.74 Å². The van der Waals surface area contributed by atoms with E-state index >= 15 is 0 Å². The molecule has 4 nitrogen and oxygen atoms in total. The summed E-state index contributed by atoms with van der Waals surface area (Å²) in [5.74, 6) is 0.828. The van der Waals surface area contributed by atoms with Crippen molar-refractivity contribution in [3.05, 3.63) is 17.5 Å². The van der Waals surface area contributed by atoms with E-state index in [-0.39, 0.29) is 5.78 Å². The number of aromatic nitrogens is 2. The first-order valence-electron chi connectivity index (χ1n) is 6.84. The average Bonchev–Trinajstić information content (AvgIpc) is 2.78. The van der Waals surface area contributed by atoms with Gasteiger partial charge in [-0.1, -0.05) is 6.92 Å². The predicted molar refractivity (Wildman–Crippen MR) is 69.7 cm³/mol. The van der Waals surface area contributed by atoms with Crippen molar-refractivity contribution in [2.24, 2.45) is 13.0 Å². The Labute approximate surface area is 108 Å². The first-order valence-corrected chi connectivity index (χ1v) is 6.84. The molecule has 18 heavy (non-hydrogen) atoms. The fourth-order valence-corrected chi connectivity index (χ4v) is 2.47. The number of ether oxygens (including phenoxy) is 1. The van der Waals surface area contributed by atoms with E-state index in [9.17, 15) is 4.79 Å². The number of hydrogen-bond acceptors (Lipinski definition) is 3. The summed E-state index contributed by atoms with van der Waals surface area (Å²) in [7, 11) is 1.90. The minimum absolute atomic E-state index is 0.178. The monoisotopic (exact) mass is 250 g/mol. The van der Waals surface area contributed by atoms with Crippen LogP contribution in [0.4, 0.5) is 0 Å². The van der Waals surface area contributed by atoms with E-state index < -0.39 is 0 Å². The van der Waals surface area contributed by atoms with Gasteiger partial charge in [0.1, 0.15) is 5.69 Å². The summed E-state index contributed by atoms with van der Waals surface area (Å²) in [6, 6.07) is 1.92. The van der Waals surface area contributed by atoms with Crippen LogP contribution in [0.15, 0.2) is 6.07 Å². The molecule has 0 aromatic carbocycles. The molecule has 1 aromatic heterocycles. The second kappa shape index (κ2) is 6.14. The molecule has 2 heterocycles. The number of carbonyl (C=O) groups is 1. The van der Waals surface area contributed by atoms with Gasteiger partial charge in [0, 0.05) is 32.4 Å². The molecule has 1 aliphatic rings. The maximum Gasteiger partial charge on any atom is 0.183 e. The lowest BCUT2D eigenvalue weighted by atomic mass is 9.93. The van der Waals surface area contributed by atoms with Crippen molar-refractivity contribution in [1.82, 2.24) is 9.78 Å². The molecule has 0 amide bonds. The van der Waals surface area contributed by atoms with Crippen molar-refractivity contribution in [2.45, 2.75) is 39.0 Å². The number of Topliss-reactive ketones (excluding diaryl/α,β-unsaturated/α-hetero) is 1. The number of rotatable bonds is 5. The van der Waals surface area contributed by atoms with E-state index in [1.54, 1.807) is 0 Å². The highest BCUT2D eigenvalue weighted by Crippen LogP contribution is 2.21. The zero-order valence-electron chi connectivity index (χ0n) is 11.3. The fourth-order valence-electron chi connectivity index (χ4n) is 2.47. The summed E-state index contributed by atoms with van der Waals surface area (Å²) in [5, 5.41) is 4.29. The van der Waals surface area contributed by atoms with Gasteiger partial charge in [-0.3, -0.25) is 9.48 Å². The van der Waals surface area contributed by atoms with Crippen LogP contribution in [0.1, 0.15) is 48.8 Å². The molecule has 0 unspecified atom stereocenters. The largest absolute Gasteiger partial charge is 0.381 e. The third-order valence-corrected chi connectivity index (χ3v) is 3.75. The van der Waals surface area contributed by atoms with Gasteiger partial charge in [0.2, 0.25) is 0 Å². The number of carbonyl (C=O) groups excluding carboxylic acids is 1. The van der Waals surface area contributed by atoms with Gasteiger partial charge in [0.25, 0.3) is 0 Å². The van der Waals surface area contributed by atoms with Crippen molar-refractivity contribution in [1.29, 1.82) is 0 Å². The van der Waals surface area contributed by atoms with Crippen LogP contribution < -0.4 is 0 Å². The summed E-state index contributed by atoms with van der Waals surface area (Å²) in [6.45, 7) is 3.78. The molecule has 0 N–H and O–H groups in total. The van der Waals surface area contributed by atoms with Crippen LogP contribution in [0.5, 0.6) is 0 Å². The van der Waals surface area contributed by atoms with Crippen LogP contribution in [0, 0.1) is 5.92 Å². The average molecular weight is 250 g/mol. The Hall–Kier alpha value is -1.16. The molecule has 1 aromatic rings. The van der Waals surface area contributed by atoms with Crippen LogP contribution in [-0.2, 0) is 18.2 Å². The van der Waals surface area contributed by atoms with Crippen molar-refractivity contribution in [3.8, 4) is 0 Å². The first kappa shape index (κ1) is 13.3. The third kappa shape index (κ3) is 3.19. The quantitative estimate of drug-likeness (QED) is 0.754. The Morgan fingerprint density at radius 3 is 2.83 bits per heavy atom. The maximum absolute atomic E-state index is 12.1. The maximum atomic E-state index is 12.1. The molecular weight excluding hydrogens is 228 g/mol. The lowest BCUT2D eigenvalue weighted by Gasteiger charge is -2.21. The summed E-state index contributed by atoms with van der Waals surface area (Å²) >= 11 is 0. The lowest BCUT2D eigenvalue weighted by Crippen LogP contribution is -2.16. The van der Waals surface area contributed by atoms with Gasteiger partial charge in [0.15, 0.2) is 5.78 Å². The van der Waals surface area contributed by atoms with Gasteiger partial charge in [-0.25, -0.2) is 0 Å². The molecule has 0 saturated carbocycles. The van der Waals surface area contributed by atoms with Gasteiger partial charge in [-0.15, -0.1) is 0 Å². The number of ketones is 1. The molecule has 1 aliphatic heterocycles. The second-order valence-electron chi connectivity index (χ2n) is 5.02. The molecule has 0 atom stereocenters. The molecule has 100 valence electrons. The molecule has 0 aliphatic carbocycles. The number of hydrogen-bond donors (Lipinski definition) is 0. The molecule has 4 heteroatoms. The normalized spacial score (nSPS) is 17.0. The van der Waals surface area contributed by atoms with Crippen LogP contribution >= 0.6 is 0 Å². The Bertz CT molecular complexity index is 406. The zero-order chi connectivity index (χ0) is 13.0. The van der Waals surface area contributed by atoms with Gasteiger partial charge in [-0.05, 0) is 37.7 Å². The highest BCUT2D eigenvalue weighted by Gasteiger charge is 2.17. The summed E-state index contributed by atoms with van der Waals surface area (Å²) in [5.41, 5.74) is 1.74. The van der Waals surface area contributed by atoms with Gasteiger partial charge in [0.05, 0.1) is 0 Å². The van der Waals surface area contributed by atoms with E-state index in [0.29, 0.717) is 18.0 Å². The zero-order valence-corrected chi connectivity index (χ0v) is 11.3. The van der Waals surface area contributed by atoms with Crippen molar-refractivity contribution >= 4 is 5.78 Å². The Morgan fingerprint density at radius 1 is 1.50 bits per heavy atom. The Kier molecular flexibility index (Phi) is 4.53. The number of nitrogens with zero attached hydrogens (tertiary/aromatic N) is 2. The van der Waals surface area contributed by atoms with Gasteiger partial charge >= 0.3 is 0 Å². The van der Waals surface area contributed by atoms with Crippen molar-refractivity contribution in [3.63, 3.8) is 0 Å². The predicted octanol–water partition coefficient (Wildman–Crippen LogP) is 2.37. The van der Waals surface area contributed by atoms with Crippen LogP contribution in [0.25, 0.3) is 0 Å². The molecular formula is C14H22N2O2. The Balaban J connectivity index is 1.86. The van der Waals surface area contributed by atoms with E-state index in [4.69, 9.17) is 4.74 Å². The van der Waals surface area contributed by atoms with Crippen LogP contribution in [0.3, 0.4) is 0 Å². The topological polar surface area (TPSA) is 44.1 Å². The van der Waals surface area contributed by atoms with Gasteiger partial charge in [-0.2, -0.15) is 5.10 Å². The minimum Gasteiger partial charge on any atom is -0.381 e. The van der Waals surface area contributed by atoms with E-state index in [1.807, 2.05) is 17.8 Å². The molecule has 0 bridgehead atoms. The lowest BCUT2D eigenvalue weighted by molar-refractivity contribution is 0.0619. The summed E-state index contributed by atoms with van der Waals surface area (Å²) in [4.78, 5) is 12.1. The number of aryl methyl sites for hydroxylation is 2. The standard InChI is InChI=1S/C14H22N2O2/c1-3-12-10-13(15-16(12)2)14(17)5-4-11-6-8-18-9-7-11/h10-11H,3-9H2,1-2H3. The first-order chi connectivity index (χ1) is 8.70. The molecule has 0 spiro atoms. The smallest absolute Gasteiger partial charge is 0.183 e. The van der Waals surface area contributed by atoms with Crippen molar-refractivity contribution < 1.29 is 9.53 Å². The molecule has 0 radical (unpaired) electrons. The summed E-state index contributed by atoms with van der Waals surface area (Å²) in [6.07, 6.45) is 4.69. The molecule has 1 saturated heterocycles. The van der Waals surface area contributed by atoms with E-state index in [1.165, 1.54) is 0 Å². The SMILES string of the molecule is CCc1cc(C(=O)CCC2CCOCC2)nn1C. The van der Waals surface area contributed by atoms with E-state index in [0.717, 1.165) is 44.6 Å². The molecule has 2 rings (SSSR count). The minimum atomic E-state index is 0.178.